The van der Waals surface area contributed by atoms with Gasteiger partial charge in [-0.2, -0.15) is 0 Å². The molecule has 0 radical (unpaired) electrons. The molecule has 0 bridgehead atoms. The van der Waals surface area contributed by atoms with E-state index in [0.717, 1.165) is 0 Å². The molecule has 1 heterocycles. The number of nitrogens with one attached hydrogen (secondary N) is 3. The lowest BCUT2D eigenvalue weighted by atomic mass is 9.89. The van der Waals surface area contributed by atoms with E-state index in [2.05, 4.69) is 16.0 Å². The van der Waals surface area contributed by atoms with Crippen molar-refractivity contribution in [1.82, 2.24) is 16.0 Å². The van der Waals surface area contributed by atoms with Crippen molar-refractivity contribution in [3.05, 3.63) is 11.6 Å². The molecule has 0 saturated carbocycles. The summed E-state index contributed by atoms with van der Waals surface area (Å²) in [6.07, 6.45) is -1.65. The van der Waals surface area contributed by atoms with Crippen molar-refractivity contribution in [1.29, 1.82) is 0 Å². The third-order valence-corrected chi connectivity index (χ3v) is 4.02. The maximum Gasteiger partial charge on any atom is 0.247 e. The highest BCUT2D eigenvalue weighted by molar-refractivity contribution is 5.96. The van der Waals surface area contributed by atoms with Crippen LogP contribution in [-0.4, -0.2) is 76.5 Å². The lowest BCUT2D eigenvalue weighted by Gasteiger charge is -2.31. The number of rotatable bonds is 5. The van der Waals surface area contributed by atoms with Crippen LogP contribution in [0.25, 0.3) is 0 Å². The zero-order chi connectivity index (χ0) is 17.9. The number of aliphatic hydroxyl groups excluding tert-OH is 3. The van der Waals surface area contributed by atoms with Crippen LogP contribution < -0.4 is 21.7 Å². The number of nitrogens with two attached hydrogens (primary N) is 1. The van der Waals surface area contributed by atoms with Crippen molar-refractivity contribution < 1.29 is 29.7 Å². The van der Waals surface area contributed by atoms with Crippen molar-refractivity contribution in [2.45, 2.75) is 43.2 Å². The van der Waals surface area contributed by atoms with Gasteiger partial charge in [-0.05, 0) is 6.42 Å². The fraction of sp³-hybridized carbons (Fsp3) is 0.643. The minimum Gasteiger partial charge on any atom is -0.392 e. The van der Waals surface area contributed by atoms with Gasteiger partial charge in [0.2, 0.25) is 17.7 Å². The van der Waals surface area contributed by atoms with E-state index in [-0.39, 0.29) is 25.0 Å². The van der Waals surface area contributed by atoms with E-state index < -0.39 is 48.1 Å². The Bertz CT molecular complexity index is 551. The van der Waals surface area contributed by atoms with Gasteiger partial charge in [0, 0.05) is 18.5 Å². The first-order valence-electron chi connectivity index (χ1n) is 7.63. The predicted molar refractivity (Wildman–Crippen MR) is 81.3 cm³/mol. The summed E-state index contributed by atoms with van der Waals surface area (Å²) in [6, 6.07) is -1.57. The third-order valence-electron chi connectivity index (χ3n) is 4.02. The summed E-state index contributed by atoms with van der Waals surface area (Å²) in [7, 11) is 0. The summed E-state index contributed by atoms with van der Waals surface area (Å²) < 4.78 is 0. The van der Waals surface area contributed by atoms with Crippen molar-refractivity contribution in [3.63, 3.8) is 0 Å². The van der Waals surface area contributed by atoms with Crippen LogP contribution >= 0.6 is 0 Å². The highest BCUT2D eigenvalue weighted by Crippen LogP contribution is 2.20. The zero-order valence-corrected chi connectivity index (χ0v) is 12.9. The average Bonchev–Trinajstić information content (AvgIpc) is 2.95. The molecular formula is C14H22N4O6. The minimum atomic E-state index is -1.27. The molecule has 5 unspecified atom stereocenters. The number of aliphatic hydroxyl groups is 3. The summed E-state index contributed by atoms with van der Waals surface area (Å²) in [5.74, 6) is -1.76. The Kier molecular flexibility index (Phi) is 5.89. The normalized spacial score (nSPS) is 32.8. The van der Waals surface area contributed by atoms with Gasteiger partial charge in [-0.15, -0.1) is 0 Å². The SMILES string of the molecule is NC(=O)CNC(=O)C1=CC(NC(=O)C2CC(O)CN2)C(O)C(O)C1. The van der Waals surface area contributed by atoms with Gasteiger partial charge in [0.05, 0.1) is 30.8 Å². The standard InChI is InChI=1S/C14H22N4O6/c15-11(21)5-17-13(23)6-1-8(12(22)10(20)2-6)18-14(24)9-3-7(19)4-16-9/h1,7-10,12,16,19-20,22H,2-5H2,(H2,15,21)(H,17,23)(H,18,24). The Balaban J connectivity index is 2.03. The molecule has 134 valence electrons. The molecule has 0 spiro atoms. The van der Waals surface area contributed by atoms with Crippen molar-refractivity contribution in [3.8, 4) is 0 Å². The van der Waals surface area contributed by atoms with Crippen molar-refractivity contribution in [2.75, 3.05) is 13.1 Å². The minimum absolute atomic E-state index is 0.113. The van der Waals surface area contributed by atoms with Gasteiger partial charge in [0.25, 0.3) is 0 Å². The Labute approximate surface area is 138 Å². The van der Waals surface area contributed by atoms with E-state index in [4.69, 9.17) is 5.73 Å². The van der Waals surface area contributed by atoms with E-state index in [1.165, 1.54) is 6.08 Å². The van der Waals surface area contributed by atoms with E-state index in [0.29, 0.717) is 6.54 Å². The van der Waals surface area contributed by atoms with Crippen LogP contribution in [0, 0.1) is 0 Å². The van der Waals surface area contributed by atoms with Gasteiger partial charge in [-0.1, -0.05) is 6.08 Å². The van der Waals surface area contributed by atoms with Gasteiger partial charge in [-0.25, -0.2) is 0 Å². The zero-order valence-electron chi connectivity index (χ0n) is 12.9. The predicted octanol–water partition coefficient (Wildman–Crippen LogP) is -4.15. The molecule has 1 saturated heterocycles. The topological polar surface area (TPSA) is 174 Å². The summed E-state index contributed by atoms with van der Waals surface area (Å²) in [6.45, 7) is -0.0553. The lowest BCUT2D eigenvalue weighted by molar-refractivity contribution is -0.125. The molecule has 1 fully saturated rings. The summed E-state index contributed by atoms with van der Waals surface area (Å²) in [5.41, 5.74) is 5.08. The highest BCUT2D eigenvalue weighted by atomic mass is 16.3. The van der Waals surface area contributed by atoms with Crippen molar-refractivity contribution in [2.24, 2.45) is 5.73 Å². The smallest absolute Gasteiger partial charge is 0.247 e. The molecule has 2 aliphatic rings. The molecule has 10 heteroatoms. The summed E-state index contributed by atoms with van der Waals surface area (Å²) in [5, 5.41) is 37.0. The molecular weight excluding hydrogens is 320 g/mol. The van der Waals surface area contributed by atoms with Gasteiger partial charge >= 0.3 is 0 Å². The van der Waals surface area contributed by atoms with Crippen LogP contribution in [0.5, 0.6) is 0 Å². The number of amides is 3. The molecule has 8 N–H and O–H groups in total. The van der Waals surface area contributed by atoms with E-state index in [1.54, 1.807) is 0 Å². The third kappa shape index (κ3) is 4.51. The molecule has 10 nitrogen and oxygen atoms in total. The van der Waals surface area contributed by atoms with Gasteiger partial charge in [0.1, 0.15) is 6.10 Å². The molecule has 1 aliphatic heterocycles. The first-order chi connectivity index (χ1) is 11.3. The highest BCUT2D eigenvalue weighted by Gasteiger charge is 2.36. The van der Waals surface area contributed by atoms with Gasteiger partial charge < -0.3 is 37.0 Å². The lowest BCUT2D eigenvalue weighted by Crippen LogP contribution is -2.54. The quantitative estimate of drug-likeness (QED) is 0.265. The fourth-order valence-corrected chi connectivity index (χ4v) is 2.73. The second-order valence-electron chi connectivity index (χ2n) is 5.99. The maximum atomic E-state index is 12.1. The van der Waals surface area contributed by atoms with Crippen LogP contribution in [0.2, 0.25) is 0 Å². The van der Waals surface area contributed by atoms with Crippen LogP contribution in [0.1, 0.15) is 12.8 Å². The fourth-order valence-electron chi connectivity index (χ4n) is 2.73. The molecule has 2 rings (SSSR count). The number of carbonyl (C=O) groups excluding carboxylic acids is 3. The second kappa shape index (κ2) is 7.71. The first kappa shape index (κ1) is 18.3. The van der Waals surface area contributed by atoms with Crippen LogP contribution in [0.4, 0.5) is 0 Å². The first-order valence-corrected chi connectivity index (χ1v) is 7.63. The van der Waals surface area contributed by atoms with Crippen molar-refractivity contribution >= 4 is 17.7 Å². The summed E-state index contributed by atoms with van der Waals surface area (Å²) >= 11 is 0. The molecule has 5 atom stereocenters. The Hall–Kier alpha value is -2.01. The number of hydrogen-bond acceptors (Lipinski definition) is 7. The monoisotopic (exact) mass is 342 g/mol. The van der Waals surface area contributed by atoms with E-state index in [1.807, 2.05) is 0 Å². The average molecular weight is 342 g/mol. The molecule has 0 aromatic carbocycles. The molecule has 0 aromatic heterocycles. The number of primary amides is 1. The Morgan fingerprint density at radius 1 is 1.29 bits per heavy atom. The molecule has 0 aromatic rings. The van der Waals surface area contributed by atoms with Gasteiger partial charge in [0.15, 0.2) is 0 Å². The molecule has 1 aliphatic carbocycles. The summed E-state index contributed by atoms with van der Waals surface area (Å²) in [4.78, 5) is 34.8. The number of hydrogen-bond donors (Lipinski definition) is 7. The van der Waals surface area contributed by atoms with E-state index >= 15 is 0 Å². The van der Waals surface area contributed by atoms with Gasteiger partial charge in [-0.3, -0.25) is 14.4 Å². The van der Waals surface area contributed by atoms with Crippen LogP contribution in [0.15, 0.2) is 11.6 Å². The largest absolute Gasteiger partial charge is 0.392 e. The molecule has 3 amide bonds. The molecule has 24 heavy (non-hydrogen) atoms. The van der Waals surface area contributed by atoms with Crippen LogP contribution in [-0.2, 0) is 14.4 Å². The second-order valence-corrected chi connectivity index (χ2v) is 5.99. The maximum absolute atomic E-state index is 12.1. The van der Waals surface area contributed by atoms with E-state index in [9.17, 15) is 29.7 Å². The number of β-amino-alcohol motifs (C(OH)–C–C–N with tert-alkyl or cyclic N) is 1. The Morgan fingerprint density at radius 2 is 2.00 bits per heavy atom. The number of carbonyl (C=O) groups is 3. The van der Waals surface area contributed by atoms with Crippen LogP contribution in [0.3, 0.4) is 0 Å². The Morgan fingerprint density at radius 3 is 2.58 bits per heavy atom.